The molecule has 3 heterocycles. The highest BCUT2D eigenvalue weighted by atomic mass is 16.2. The lowest BCUT2D eigenvalue weighted by atomic mass is 10.1. The number of nitrogens with zero attached hydrogens (tertiary/aromatic N) is 2. The van der Waals surface area contributed by atoms with Gasteiger partial charge in [0.05, 0.1) is 11.7 Å². The molecule has 21 heavy (non-hydrogen) atoms. The summed E-state index contributed by atoms with van der Waals surface area (Å²) in [7, 11) is 0. The molecule has 0 aromatic carbocycles. The standard InChI is InChI=1S/C16H17N3O2/c1-11-7-8-12(15(20)18-11)16(21)19-10-4-6-14(19)13-5-2-3-9-17-13/h2-3,5,7-9,14H,4,6,10H2,1H3,(H,18,20)/t14-/m0/s1. The number of rotatable bonds is 2. The smallest absolute Gasteiger partial charge is 0.260 e. The number of hydrogen-bond acceptors (Lipinski definition) is 3. The first-order valence-corrected chi connectivity index (χ1v) is 7.08. The van der Waals surface area contributed by atoms with E-state index in [1.807, 2.05) is 18.2 Å². The summed E-state index contributed by atoms with van der Waals surface area (Å²) in [5, 5.41) is 0. The van der Waals surface area contributed by atoms with Gasteiger partial charge in [-0.2, -0.15) is 0 Å². The maximum atomic E-state index is 12.6. The fourth-order valence-corrected chi connectivity index (χ4v) is 2.79. The molecule has 1 amide bonds. The highest BCUT2D eigenvalue weighted by molar-refractivity contribution is 5.94. The fraction of sp³-hybridized carbons (Fsp3) is 0.312. The first kappa shape index (κ1) is 13.5. The van der Waals surface area contributed by atoms with Gasteiger partial charge in [-0.1, -0.05) is 6.07 Å². The van der Waals surface area contributed by atoms with E-state index in [0.717, 1.165) is 24.2 Å². The Morgan fingerprint density at radius 1 is 1.33 bits per heavy atom. The number of carbonyl (C=O) groups is 1. The lowest BCUT2D eigenvalue weighted by Crippen LogP contribution is -2.34. The Morgan fingerprint density at radius 3 is 2.90 bits per heavy atom. The Hall–Kier alpha value is -2.43. The van der Waals surface area contributed by atoms with Gasteiger partial charge in [-0.25, -0.2) is 0 Å². The molecule has 1 N–H and O–H groups in total. The maximum absolute atomic E-state index is 12.6. The summed E-state index contributed by atoms with van der Waals surface area (Å²) >= 11 is 0. The molecule has 108 valence electrons. The minimum Gasteiger partial charge on any atom is -0.330 e. The van der Waals surface area contributed by atoms with E-state index in [-0.39, 0.29) is 23.1 Å². The number of aromatic nitrogens is 2. The summed E-state index contributed by atoms with van der Waals surface area (Å²) in [6.45, 7) is 2.45. The highest BCUT2D eigenvalue weighted by Gasteiger charge is 2.32. The molecule has 2 aromatic heterocycles. The molecule has 1 atom stereocenters. The van der Waals surface area contributed by atoms with E-state index >= 15 is 0 Å². The van der Waals surface area contributed by atoms with E-state index in [0.29, 0.717) is 6.54 Å². The van der Waals surface area contributed by atoms with Crippen molar-refractivity contribution in [3.05, 3.63) is 63.8 Å². The highest BCUT2D eigenvalue weighted by Crippen LogP contribution is 2.31. The summed E-state index contributed by atoms with van der Waals surface area (Å²) < 4.78 is 0. The molecule has 1 fully saturated rings. The second-order valence-corrected chi connectivity index (χ2v) is 5.30. The van der Waals surface area contributed by atoms with Gasteiger partial charge >= 0.3 is 0 Å². The Labute approximate surface area is 122 Å². The molecule has 1 aliphatic heterocycles. The van der Waals surface area contributed by atoms with Gasteiger partial charge in [0.25, 0.3) is 11.5 Å². The van der Waals surface area contributed by atoms with Crippen molar-refractivity contribution in [2.45, 2.75) is 25.8 Å². The van der Waals surface area contributed by atoms with E-state index < -0.39 is 0 Å². The predicted molar refractivity (Wildman–Crippen MR) is 79.0 cm³/mol. The predicted octanol–water partition coefficient (Wildman–Crippen LogP) is 2.06. The molecule has 0 radical (unpaired) electrons. The molecule has 1 aliphatic rings. The summed E-state index contributed by atoms with van der Waals surface area (Å²) in [6, 6.07) is 9.01. The van der Waals surface area contributed by atoms with E-state index in [2.05, 4.69) is 9.97 Å². The Bertz CT molecular complexity index is 709. The molecule has 0 bridgehead atoms. The van der Waals surface area contributed by atoms with Crippen LogP contribution < -0.4 is 5.56 Å². The number of amides is 1. The third-order valence-corrected chi connectivity index (χ3v) is 3.83. The first-order chi connectivity index (χ1) is 10.2. The molecule has 1 saturated heterocycles. The largest absolute Gasteiger partial charge is 0.330 e. The van der Waals surface area contributed by atoms with Crippen molar-refractivity contribution in [2.24, 2.45) is 0 Å². The van der Waals surface area contributed by atoms with E-state index in [4.69, 9.17) is 0 Å². The van der Waals surface area contributed by atoms with Gasteiger partial charge in [0.2, 0.25) is 0 Å². The third-order valence-electron chi connectivity index (χ3n) is 3.83. The molecule has 0 unspecified atom stereocenters. The zero-order valence-electron chi connectivity index (χ0n) is 11.9. The zero-order valence-corrected chi connectivity index (χ0v) is 11.9. The zero-order chi connectivity index (χ0) is 14.8. The van der Waals surface area contributed by atoms with Crippen LogP contribution in [0.15, 0.2) is 41.3 Å². The summed E-state index contributed by atoms with van der Waals surface area (Å²) in [6.07, 6.45) is 3.54. The number of pyridine rings is 2. The Morgan fingerprint density at radius 2 is 2.19 bits per heavy atom. The van der Waals surface area contributed by atoms with Crippen LogP contribution >= 0.6 is 0 Å². The van der Waals surface area contributed by atoms with Gasteiger partial charge in [0, 0.05) is 18.4 Å². The van der Waals surface area contributed by atoms with Crippen LogP contribution in [0, 0.1) is 6.92 Å². The average Bonchev–Trinajstić information content (AvgIpc) is 2.97. The van der Waals surface area contributed by atoms with Crippen LogP contribution in [-0.2, 0) is 0 Å². The van der Waals surface area contributed by atoms with E-state index in [1.165, 1.54) is 0 Å². The first-order valence-electron chi connectivity index (χ1n) is 7.08. The monoisotopic (exact) mass is 283 g/mol. The van der Waals surface area contributed by atoms with E-state index in [9.17, 15) is 9.59 Å². The van der Waals surface area contributed by atoms with Gasteiger partial charge in [0.15, 0.2) is 0 Å². The Kier molecular flexibility index (Phi) is 3.56. The van der Waals surface area contributed by atoms with Gasteiger partial charge in [0.1, 0.15) is 5.56 Å². The van der Waals surface area contributed by atoms with Crippen molar-refractivity contribution >= 4 is 5.91 Å². The number of H-pyrrole nitrogens is 1. The van der Waals surface area contributed by atoms with Crippen LogP contribution in [-0.4, -0.2) is 27.3 Å². The molecule has 2 aromatic rings. The SMILES string of the molecule is Cc1ccc(C(=O)N2CCC[C@H]2c2ccccn2)c(=O)[nH]1. The van der Waals surface area contributed by atoms with Crippen molar-refractivity contribution in [3.63, 3.8) is 0 Å². The number of likely N-dealkylation sites (tertiary alicyclic amines) is 1. The quantitative estimate of drug-likeness (QED) is 0.917. The van der Waals surface area contributed by atoms with Crippen LogP contribution in [0.2, 0.25) is 0 Å². The van der Waals surface area contributed by atoms with Gasteiger partial charge < -0.3 is 9.88 Å². The average molecular weight is 283 g/mol. The van der Waals surface area contributed by atoms with Crippen LogP contribution in [0.4, 0.5) is 0 Å². The van der Waals surface area contributed by atoms with Crippen molar-refractivity contribution in [1.29, 1.82) is 0 Å². The number of hydrogen-bond donors (Lipinski definition) is 1. The van der Waals surface area contributed by atoms with E-state index in [1.54, 1.807) is 30.2 Å². The fourth-order valence-electron chi connectivity index (χ4n) is 2.79. The van der Waals surface area contributed by atoms with Crippen LogP contribution in [0.3, 0.4) is 0 Å². The minimum atomic E-state index is -0.327. The third kappa shape index (κ3) is 2.59. The van der Waals surface area contributed by atoms with Crippen molar-refractivity contribution in [1.82, 2.24) is 14.9 Å². The molecule has 5 nitrogen and oxygen atoms in total. The topological polar surface area (TPSA) is 66.1 Å². The summed E-state index contributed by atoms with van der Waals surface area (Å²) in [5.74, 6) is -0.218. The molecule has 0 spiro atoms. The lowest BCUT2D eigenvalue weighted by Gasteiger charge is -2.24. The number of carbonyl (C=O) groups excluding carboxylic acids is 1. The second kappa shape index (κ2) is 5.52. The number of aryl methyl sites for hydroxylation is 1. The summed E-state index contributed by atoms with van der Waals surface area (Å²) in [4.78, 5) is 33.4. The van der Waals surface area contributed by atoms with Gasteiger partial charge in [-0.3, -0.25) is 14.6 Å². The molecule has 3 rings (SSSR count). The van der Waals surface area contributed by atoms with Crippen LogP contribution in [0.5, 0.6) is 0 Å². The normalized spacial score (nSPS) is 18.0. The van der Waals surface area contributed by atoms with Gasteiger partial charge in [-0.05, 0) is 44.0 Å². The second-order valence-electron chi connectivity index (χ2n) is 5.30. The molecular weight excluding hydrogens is 266 g/mol. The van der Waals surface area contributed by atoms with Crippen LogP contribution in [0.1, 0.15) is 40.6 Å². The minimum absolute atomic E-state index is 0.0422. The lowest BCUT2D eigenvalue weighted by molar-refractivity contribution is 0.0731. The number of aromatic amines is 1. The van der Waals surface area contributed by atoms with Crippen molar-refractivity contribution in [3.8, 4) is 0 Å². The molecular formula is C16H17N3O2. The van der Waals surface area contributed by atoms with Crippen LogP contribution in [0.25, 0.3) is 0 Å². The molecule has 0 aliphatic carbocycles. The molecule has 5 heteroatoms. The number of nitrogens with one attached hydrogen (secondary N) is 1. The maximum Gasteiger partial charge on any atom is 0.260 e. The van der Waals surface area contributed by atoms with Gasteiger partial charge in [-0.15, -0.1) is 0 Å². The van der Waals surface area contributed by atoms with Crippen molar-refractivity contribution < 1.29 is 4.79 Å². The Balaban J connectivity index is 1.92. The summed E-state index contributed by atoms with van der Waals surface area (Å²) in [5.41, 5.74) is 1.50. The van der Waals surface area contributed by atoms with Crippen molar-refractivity contribution in [2.75, 3.05) is 6.54 Å². The molecule has 0 saturated carbocycles.